The molecule has 6 aliphatic rings. The van der Waals surface area contributed by atoms with Crippen molar-refractivity contribution in [2.24, 2.45) is 10.2 Å². The fraction of sp³-hybridized carbons (Fsp3) is 0.364. The minimum absolute atomic E-state index is 0.0986. The molecule has 0 radical (unpaired) electrons. The first kappa shape index (κ1) is 39.0. The molecule has 8 nitrogen and oxygen atoms in total. The van der Waals surface area contributed by atoms with Crippen LogP contribution in [0.1, 0.15) is 84.7 Å². The molecule has 2 spiro atoms. The fourth-order valence-corrected chi connectivity index (χ4v) is 12.0. The first-order chi connectivity index (χ1) is 28.2. The second-order valence-corrected chi connectivity index (χ2v) is 18.0. The van der Waals surface area contributed by atoms with E-state index in [2.05, 4.69) is 33.0 Å². The molecule has 0 saturated carbocycles. The number of hydrogen-bond donors (Lipinski definition) is 2. The van der Waals surface area contributed by atoms with Crippen molar-refractivity contribution in [3.05, 3.63) is 142 Å². The van der Waals surface area contributed by atoms with Crippen LogP contribution in [-0.2, 0) is 32.2 Å². The van der Waals surface area contributed by atoms with Crippen LogP contribution in [0.3, 0.4) is 0 Å². The molecule has 14 heteroatoms. The van der Waals surface area contributed by atoms with E-state index in [0.717, 1.165) is 125 Å². The lowest BCUT2D eigenvalue weighted by molar-refractivity contribution is -0.137. The van der Waals surface area contributed by atoms with Crippen LogP contribution >= 0.6 is 23.5 Å². The van der Waals surface area contributed by atoms with Gasteiger partial charge in [-0.05, 0) is 136 Å². The Morgan fingerprint density at radius 3 is 1.45 bits per heavy atom. The summed E-state index contributed by atoms with van der Waals surface area (Å²) in [5.74, 6) is -2.32. The number of rotatable bonds is 4. The predicted octanol–water partition coefficient (Wildman–Crippen LogP) is 8.29. The van der Waals surface area contributed by atoms with Crippen LogP contribution < -0.4 is 10.6 Å². The van der Waals surface area contributed by atoms with E-state index in [1.165, 1.54) is 34.7 Å². The van der Waals surface area contributed by atoms with Crippen molar-refractivity contribution in [3.63, 3.8) is 0 Å². The zero-order valence-corrected chi connectivity index (χ0v) is 33.3. The highest BCUT2D eigenvalue weighted by molar-refractivity contribution is 8.15. The van der Waals surface area contributed by atoms with Crippen molar-refractivity contribution in [1.82, 2.24) is 20.7 Å². The van der Waals surface area contributed by atoms with E-state index >= 15 is 0 Å². The number of aryl methyl sites for hydroxylation is 2. The number of benzene rings is 4. The van der Waals surface area contributed by atoms with E-state index < -0.39 is 33.0 Å². The van der Waals surface area contributed by atoms with Gasteiger partial charge in [0.15, 0.2) is 0 Å². The van der Waals surface area contributed by atoms with Gasteiger partial charge in [0.1, 0.15) is 43.1 Å². The van der Waals surface area contributed by atoms with Crippen molar-refractivity contribution >= 4 is 45.4 Å². The Balaban J connectivity index is 0.000000150. The highest BCUT2D eigenvalue weighted by atomic mass is 32.2. The SMILES string of the molecule is O=C([C@@H]1CCCN1)N1N=C(c2cc(F)ccc2F)SC12CCCc1ccccc12.O=C([C@@H]1CCCN1)N1N=C(c2cc(F)ccc2F)SC12CCCc1ccccc12. The molecule has 4 aromatic carbocycles. The van der Waals surface area contributed by atoms with Crippen LogP contribution in [0.25, 0.3) is 0 Å². The van der Waals surface area contributed by atoms with Crippen molar-refractivity contribution < 1.29 is 27.2 Å². The summed E-state index contributed by atoms with van der Waals surface area (Å²) in [6, 6.07) is 22.3. The van der Waals surface area contributed by atoms with Gasteiger partial charge in [0, 0.05) is 11.1 Å². The van der Waals surface area contributed by atoms with Crippen LogP contribution in [0.2, 0.25) is 0 Å². The number of carbonyl (C=O) groups excluding carboxylic acids is 2. The summed E-state index contributed by atoms with van der Waals surface area (Å²) in [5, 5.41) is 19.5. The number of amides is 2. The largest absolute Gasteiger partial charge is 0.306 e. The smallest absolute Gasteiger partial charge is 0.261 e. The Labute approximate surface area is 342 Å². The standard InChI is InChI=1S/2C22H21F2N3OS/c2*23-15-9-10-18(24)16(13-15)20-26-27(21(28)19-8-4-12-25-19)22(29-20)11-3-6-14-5-1-2-7-17(14)22/h2*1-2,5,7,9-10,13,19,25H,3-4,6,8,11-12H2/t2*19-,22?/m00/s1. The summed E-state index contributed by atoms with van der Waals surface area (Å²) in [6.07, 6.45) is 8.52. The summed E-state index contributed by atoms with van der Waals surface area (Å²) in [5.41, 5.74) is 4.65. The van der Waals surface area contributed by atoms with Gasteiger partial charge in [0.25, 0.3) is 11.8 Å². The summed E-state index contributed by atoms with van der Waals surface area (Å²) in [6.45, 7) is 1.60. The molecule has 2 amide bonds. The molecule has 4 atom stereocenters. The average Bonchev–Trinajstić information content (AvgIpc) is 4.08. The Morgan fingerprint density at radius 2 is 1.03 bits per heavy atom. The lowest BCUT2D eigenvalue weighted by Crippen LogP contribution is -2.49. The van der Waals surface area contributed by atoms with Crippen LogP contribution in [0.15, 0.2) is 95.1 Å². The molecular formula is C44H42F4N6O2S2. The van der Waals surface area contributed by atoms with E-state index in [-0.39, 0.29) is 35.0 Å². The number of nitrogens with zero attached hydrogens (tertiary/aromatic N) is 4. The summed E-state index contributed by atoms with van der Waals surface area (Å²) in [4.78, 5) is 25.4. The highest BCUT2D eigenvalue weighted by Crippen LogP contribution is 2.55. The van der Waals surface area contributed by atoms with Gasteiger partial charge in [-0.3, -0.25) is 9.59 Å². The monoisotopic (exact) mass is 826 g/mol. The summed E-state index contributed by atoms with van der Waals surface area (Å²) < 4.78 is 56.8. The number of hydrogen-bond acceptors (Lipinski definition) is 8. The minimum Gasteiger partial charge on any atom is -0.306 e. The third-order valence-electron chi connectivity index (χ3n) is 11.8. The van der Waals surface area contributed by atoms with Gasteiger partial charge in [-0.15, -0.1) is 0 Å². The van der Waals surface area contributed by atoms with Gasteiger partial charge >= 0.3 is 0 Å². The zero-order chi connectivity index (χ0) is 40.0. The molecule has 2 aliphatic carbocycles. The van der Waals surface area contributed by atoms with Crippen molar-refractivity contribution in [2.45, 2.75) is 86.0 Å². The first-order valence-corrected chi connectivity index (χ1v) is 21.6. The van der Waals surface area contributed by atoms with Crippen LogP contribution in [-0.4, -0.2) is 57.1 Å². The Morgan fingerprint density at radius 1 is 0.603 bits per heavy atom. The third-order valence-corrected chi connectivity index (χ3v) is 14.7. The number of nitrogens with one attached hydrogen (secondary N) is 2. The number of halogens is 4. The van der Waals surface area contributed by atoms with Crippen molar-refractivity contribution in [1.29, 1.82) is 0 Å². The molecule has 2 fully saturated rings. The number of carbonyl (C=O) groups is 2. The molecule has 58 heavy (non-hydrogen) atoms. The Hall–Kier alpha value is -4.50. The molecular weight excluding hydrogens is 785 g/mol. The second-order valence-electron chi connectivity index (χ2n) is 15.5. The van der Waals surface area contributed by atoms with Crippen LogP contribution in [0, 0.1) is 23.3 Å². The molecule has 4 aliphatic heterocycles. The molecule has 4 heterocycles. The van der Waals surface area contributed by atoms with Crippen molar-refractivity contribution in [2.75, 3.05) is 13.1 Å². The van der Waals surface area contributed by atoms with E-state index in [1.54, 1.807) is 10.0 Å². The van der Waals surface area contributed by atoms with Crippen molar-refractivity contribution in [3.8, 4) is 0 Å². The van der Waals surface area contributed by atoms with Gasteiger partial charge in [-0.2, -0.15) is 10.2 Å². The lowest BCUT2D eigenvalue weighted by atomic mass is 9.86. The maximum absolute atomic E-state index is 14.5. The lowest BCUT2D eigenvalue weighted by Gasteiger charge is -2.40. The van der Waals surface area contributed by atoms with E-state index in [0.29, 0.717) is 10.1 Å². The molecule has 300 valence electrons. The molecule has 10 rings (SSSR count). The fourth-order valence-electron chi connectivity index (χ4n) is 9.07. The van der Waals surface area contributed by atoms with Gasteiger partial charge < -0.3 is 10.6 Å². The quantitative estimate of drug-likeness (QED) is 0.202. The second kappa shape index (κ2) is 15.9. The average molecular weight is 827 g/mol. The topological polar surface area (TPSA) is 89.4 Å². The van der Waals surface area contributed by atoms with Crippen LogP contribution in [0.5, 0.6) is 0 Å². The number of hydrazone groups is 2. The van der Waals surface area contributed by atoms with Gasteiger partial charge in [0.05, 0.1) is 12.1 Å². The predicted molar refractivity (Wildman–Crippen MR) is 219 cm³/mol. The highest BCUT2D eigenvalue weighted by Gasteiger charge is 2.53. The van der Waals surface area contributed by atoms with E-state index in [1.807, 2.05) is 36.4 Å². The first-order valence-electron chi connectivity index (χ1n) is 19.9. The zero-order valence-electron chi connectivity index (χ0n) is 31.7. The Bertz CT molecular complexity index is 2170. The molecule has 2 saturated heterocycles. The molecule has 2 N–H and O–H groups in total. The third kappa shape index (κ3) is 6.95. The van der Waals surface area contributed by atoms with Gasteiger partial charge in [-0.1, -0.05) is 72.1 Å². The molecule has 0 aromatic heterocycles. The van der Waals surface area contributed by atoms with Gasteiger partial charge in [-0.25, -0.2) is 27.6 Å². The van der Waals surface area contributed by atoms with Crippen LogP contribution in [0.4, 0.5) is 17.6 Å². The van der Waals surface area contributed by atoms with Gasteiger partial charge in [0.2, 0.25) is 0 Å². The molecule has 0 bridgehead atoms. The number of thioether (sulfide) groups is 2. The summed E-state index contributed by atoms with van der Waals surface area (Å²) in [7, 11) is 0. The summed E-state index contributed by atoms with van der Waals surface area (Å²) >= 11 is 2.74. The molecule has 4 aromatic rings. The minimum atomic E-state index is -0.718. The Kier molecular flexibility index (Phi) is 10.7. The normalized spacial score (nSPS) is 25.9. The van der Waals surface area contributed by atoms with E-state index in [4.69, 9.17) is 0 Å². The maximum Gasteiger partial charge on any atom is 0.261 e. The number of fused-ring (bicyclic) bond motifs is 4. The molecule has 2 unspecified atom stereocenters. The van der Waals surface area contributed by atoms with E-state index in [9.17, 15) is 27.2 Å². The maximum atomic E-state index is 14.5.